The average molecular weight is 489 g/mol. The van der Waals surface area contributed by atoms with E-state index in [0.717, 1.165) is 34.5 Å². The van der Waals surface area contributed by atoms with Crippen molar-refractivity contribution < 1.29 is 19.0 Å². The molecule has 1 amide bonds. The summed E-state index contributed by atoms with van der Waals surface area (Å²) in [7, 11) is 0. The molecule has 0 N–H and O–H groups in total. The predicted molar refractivity (Wildman–Crippen MR) is 127 cm³/mol. The molecule has 8 nitrogen and oxygen atoms in total. The number of nitrogens with zero attached hydrogens (tertiary/aromatic N) is 4. The fraction of sp³-hybridized carbons (Fsp3) is 0.348. The smallest absolute Gasteiger partial charge is 0.409 e. The van der Waals surface area contributed by atoms with Gasteiger partial charge in [-0.15, -0.1) is 10.2 Å². The van der Waals surface area contributed by atoms with Crippen LogP contribution in [0.15, 0.2) is 53.7 Å². The molecule has 0 aliphatic carbocycles. The molecule has 0 unspecified atom stereocenters. The van der Waals surface area contributed by atoms with E-state index in [1.54, 1.807) is 16.7 Å². The molecule has 2 heterocycles. The van der Waals surface area contributed by atoms with Crippen LogP contribution in [0.5, 0.6) is 11.5 Å². The molecule has 0 saturated carbocycles. The van der Waals surface area contributed by atoms with E-state index in [9.17, 15) is 4.79 Å². The number of rotatable bonds is 11. The van der Waals surface area contributed by atoms with Crippen molar-refractivity contribution in [1.82, 2.24) is 19.7 Å². The summed E-state index contributed by atoms with van der Waals surface area (Å²) in [4.78, 5) is 13.3. The number of amides is 1. The van der Waals surface area contributed by atoms with Crippen molar-refractivity contribution in [3.8, 4) is 17.2 Å². The third-order valence-electron chi connectivity index (χ3n) is 4.94. The fourth-order valence-corrected chi connectivity index (χ4v) is 4.35. The molecule has 2 aromatic carbocycles. The Hall–Kier alpha value is -2.91. The van der Waals surface area contributed by atoms with Crippen molar-refractivity contribution in [2.75, 3.05) is 32.1 Å². The van der Waals surface area contributed by atoms with Gasteiger partial charge in [0.2, 0.25) is 0 Å². The maximum Gasteiger partial charge on any atom is 0.409 e. The largest absolute Gasteiger partial charge is 0.494 e. The van der Waals surface area contributed by atoms with Crippen LogP contribution in [0.4, 0.5) is 4.79 Å². The molecule has 33 heavy (non-hydrogen) atoms. The summed E-state index contributed by atoms with van der Waals surface area (Å²) < 4.78 is 18.4. The fourth-order valence-electron chi connectivity index (χ4n) is 3.33. The lowest BCUT2D eigenvalue weighted by Gasteiger charge is -2.13. The SMILES string of the molecule is CCOc1ccc(OCc2nnc(SCCCN3CCOC3=O)n2-c2ccc(Cl)cc2)cc1. The summed E-state index contributed by atoms with van der Waals surface area (Å²) >= 11 is 7.67. The van der Waals surface area contributed by atoms with E-state index in [1.165, 1.54) is 0 Å². The molecule has 0 spiro atoms. The van der Waals surface area contributed by atoms with Crippen LogP contribution in [0, 0.1) is 0 Å². The number of benzene rings is 2. The van der Waals surface area contributed by atoms with Crippen LogP contribution in [0.2, 0.25) is 5.02 Å². The van der Waals surface area contributed by atoms with Gasteiger partial charge in [-0.1, -0.05) is 23.4 Å². The van der Waals surface area contributed by atoms with E-state index in [4.69, 9.17) is 25.8 Å². The Kier molecular flexibility index (Phi) is 7.96. The molecule has 0 atom stereocenters. The van der Waals surface area contributed by atoms with E-state index in [-0.39, 0.29) is 12.7 Å². The number of aromatic nitrogens is 3. The molecule has 174 valence electrons. The molecule has 1 aliphatic rings. The number of thioether (sulfide) groups is 1. The summed E-state index contributed by atoms with van der Waals surface area (Å²) in [6.45, 7) is 4.60. The monoisotopic (exact) mass is 488 g/mol. The van der Waals surface area contributed by atoms with Gasteiger partial charge in [-0.3, -0.25) is 4.57 Å². The topological polar surface area (TPSA) is 78.7 Å². The standard InChI is InChI=1S/C23H25ClN4O4S/c1-2-30-19-8-10-20(11-9-19)32-16-21-25-26-22(28(21)18-6-4-17(24)5-7-18)33-15-3-12-27-13-14-31-23(27)29/h4-11H,2-3,12-16H2,1H3. The molecule has 4 rings (SSSR count). The van der Waals surface area contributed by atoms with Gasteiger partial charge < -0.3 is 19.1 Å². The van der Waals surface area contributed by atoms with Crippen molar-refractivity contribution in [1.29, 1.82) is 0 Å². The van der Waals surface area contributed by atoms with Gasteiger partial charge in [0.15, 0.2) is 11.0 Å². The lowest BCUT2D eigenvalue weighted by Crippen LogP contribution is -2.25. The second-order valence-electron chi connectivity index (χ2n) is 7.21. The number of hydrogen-bond donors (Lipinski definition) is 0. The van der Waals surface area contributed by atoms with Crippen molar-refractivity contribution in [3.05, 3.63) is 59.4 Å². The third-order valence-corrected chi connectivity index (χ3v) is 6.20. The molecular weight excluding hydrogens is 464 g/mol. The van der Waals surface area contributed by atoms with Gasteiger partial charge in [0, 0.05) is 23.0 Å². The summed E-state index contributed by atoms with van der Waals surface area (Å²) in [5.74, 6) is 2.98. The van der Waals surface area contributed by atoms with Crippen LogP contribution in [0.25, 0.3) is 5.69 Å². The average Bonchev–Trinajstić information content (AvgIpc) is 3.43. The van der Waals surface area contributed by atoms with Crippen LogP contribution in [0.3, 0.4) is 0 Å². The lowest BCUT2D eigenvalue weighted by molar-refractivity contribution is 0.158. The molecule has 1 aromatic heterocycles. The van der Waals surface area contributed by atoms with Gasteiger partial charge in [-0.25, -0.2) is 4.79 Å². The zero-order chi connectivity index (χ0) is 23.0. The first-order valence-corrected chi connectivity index (χ1v) is 12.1. The first-order chi connectivity index (χ1) is 16.1. The Morgan fingerprint density at radius 2 is 1.79 bits per heavy atom. The highest BCUT2D eigenvalue weighted by Crippen LogP contribution is 2.25. The summed E-state index contributed by atoms with van der Waals surface area (Å²) in [6, 6.07) is 15.0. The summed E-state index contributed by atoms with van der Waals surface area (Å²) in [6.07, 6.45) is 0.587. The van der Waals surface area contributed by atoms with Gasteiger partial charge in [0.25, 0.3) is 0 Å². The van der Waals surface area contributed by atoms with Crippen LogP contribution < -0.4 is 9.47 Å². The molecule has 3 aromatic rings. The van der Waals surface area contributed by atoms with E-state index in [0.29, 0.717) is 37.2 Å². The highest BCUT2D eigenvalue weighted by Gasteiger charge is 2.21. The van der Waals surface area contributed by atoms with Crippen molar-refractivity contribution in [2.24, 2.45) is 0 Å². The quantitative estimate of drug-likeness (QED) is 0.282. The number of carbonyl (C=O) groups excluding carboxylic acids is 1. The summed E-state index contributed by atoms with van der Waals surface area (Å²) in [5.41, 5.74) is 0.903. The van der Waals surface area contributed by atoms with Crippen LogP contribution in [-0.2, 0) is 11.3 Å². The zero-order valence-corrected chi connectivity index (χ0v) is 19.8. The number of ether oxygens (including phenoxy) is 3. The minimum atomic E-state index is -0.238. The van der Waals surface area contributed by atoms with E-state index in [1.807, 2.05) is 60.0 Å². The number of carbonyl (C=O) groups is 1. The molecule has 1 fully saturated rings. The Balaban J connectivity index is 1.43. The maximum absolute atomic E-state index is 11.6. The van der Waals surface area contributed by atoms with Crippen molar-refractivity contribution in [2.45, 2.75) is 25.1 Å². The van der Waals surface area contributed by atoms with Crippen LogP contribution in [-0.4, -0.2) is 57.8 Å². The lowest BCUT2D eigenvalue weighted by atomic mass is 10.3. The Bertz CT molecular complexity index is 1060. The molecule has 1 aliphatic heterocycles. The first kappa shape index (κ1) is 23.3. The number of cyclic esters (lactones) is 1. The third kappa shape index (κ3) is 6.11. The Morgan fingerprint density at radius 3 is 2.45 bits per heavy atom. The summed E-state index contributed by atoms with van der Waals surface area (Å²) in [5, 5.41) is 10.2. The number of hydrogen-bond acceptors (Lipinski definition) is 7. The predicted octanol–water partition coefficient (Wildman–Crippen LogP) is 4.83. The molecule has 0 bridgehead atoms. The Labute approximate surface area is 201 Å². The molecular formula is C23H25ClN4O4S. The molecule has 10 heteroatoms. The second kappa shape index (κ2) is 11.3. The highest BCUT2D eigenvalue weighted by atomic mass is 35.5. The second-order valence-corrected chi connectivity index (χ2v) is 8.71. The van der Waals surface area contributed by atoms with Gasteiger partial charge in [0.1, 0.15) is 24.7 Å². The minimum Gasteiger partial charge on any atom is -0.494 e. The first-order valence-electron chi connectivity index (χ1n) is 10.7. The zero-order valence-electron chi connectivity index (χ0n) is 18.3. The molecule has 1 saturated heterocycles. The van der Waals surface area contributed by atoms with Crippen LogP contribution in [0.1, 0.15) is 19.2 Å². The Morgan fingerprint density at radius 1 is 1.06 bits per heavy atom. The van der Waals surface area contributed by atoms with Crippen LogP contribution >= 0.6 is 23.4 Å². The number of halogens is 1. The highest BCUT2D eigenvalue weighted by molar-refractivity contribution is 7.99. The van der Waals surface area contributed by atoms with Crippen molar-refractivity contribution >= 4 is 29.5 Å². The maximum atomic E-state index is 11.6. The van der Waals surface area contributed by atoms with Gasteiger partial charge >= 0.3 is 6.09 Å². The van der Waals surface area contributed by atoms with E-state index in [2.05, 4.69) is 10.2 Å². The van der Waals surface area contributed by atoms with E-state index < -0.39 is 0 Å². The van der Waals surface area contributed by atoms with Gasteiger partial charge in [-0.05, 0) is 61.9 Å². The van der Waals surface area contributed by atoms with Crippen molar-refractivity contribution in [3.63, 3.8) is 0 Å². The minimum absolute atomic E-state index is 0.238. The normalized spacial score (nSPS) is 13.3. The van der Waals surface area contributed by atoms with Gasteiger partial charge in [-0.2, -0.15) is 0 Å². The molecule has 0 radical (unpaired) electrons. The van der Waals surface area contributed by atoms with Gasteiger partial charge in [0.05, 0.1) is 13.2 Å². The van der Waals surface area contributed by atoms with E-state index >= 15 is 0 Å².